The van der Waals surface area contributed by atoms with Gasteiger partial charge in [0.15, 0.2) is 0 Å². The van der Waals surface area contributed by atoms with E-state index < -0.39 is 16.7 Å². The van der Waals surface area contributed by atoms with E-state index in [1.807, 2.05) is 4.90 Å². The topological polar surface area (TPSA) is 72.7 Å². The summed E-state index contributed by atoms with van der Waals surface area (Å²) in [6, 6.07) is 2.30. The van der Waals surface area contributed by atoms with Crippen molar-refractivity contribution < 1.29 is 18.8 Å². The number of hydrogen-bond acceptors (Lipinski definition) is 5. The molecular weight excluding hydrogens is 279 g/mol. The Bertz CT molecular complexity index is 619. The third-order valence-corrected chi connectivity index (χ3v) is 4.38. The predicted octanol–water partition coefficient (Wildman–Crippen LogP) is 2.51. The third-order valence-electron chi connectivity index (χ3n) is 4.38. The molecule has 0 amide bonds. The Hall–Kier alpha value is -2.18. The number of nitro benzene ring substituents is 1. The van der Waals surface area contributed by atoms with Crippen molar-refractivity contribution in [2.75, 3.05) is 18.6 Å². The quantitative estimate of drug-likeness (QED) is 0.486. The number of piperidine rings is 1. The highest BCUT2D eigenvalue weighted by atomic mass is 19.1. The second-order valence-electron chi connectivity index (χ2n) is 5.55. The maximum atomic E-state index is 13.9. The summed E-state index contributed by atoms with van der Waals surface area (Å²) in [6.45, 7) is 0.720. The second kappa shape index (κ2) is 4.98. The molecule has 21 heavy (non-hydrogen) atoms. The molecule has 6 nitrogen and oxygen atoms in total. The number of carbonyl (C=O) groups excluding carboxylic acids is 1. The Balaban J connectivity index is 2.08. The molecule has 2 unspecified atom stereocenters. The van der Waals surface area contributed by atoms with Crippen LogP contribution in [0.5, 0.6) is 0 Å². The SMILES string of the molecule is COC(=O)c1cc(N2CC3CCC2C3)c([N+](=O)[O-])cc1F. The van der Waals surface area contributed by atoms with E-state index in [4.69, 9.17) is 0 Å². The first kappa shape index (κ1) is 13.8. The lowest BCUT2D eigenvalue weighted by atomic mass is 10.1. The number of methoxy groups -OCH3 is 1. The molecule has 2 atom stereocenters. The van der Waals surface area contributed by atoms with Crippen LogP contribution in [-0.2, 0) is 4.74 Å². The number of halogens is 1. The zero-order chi connectivity index (χ0) is 15.1. The van der Waals surface area contributed by atoms with E-state index in [0.29, 0.717) is 11.6 Å². The number of nitrogens with zero attached hydrogens (tertiary/aromatic N) is 2. The molecule has 1 aromatic rings. The second-order valence-corrected chi connectivity index (χ2v) is 5.55. The van der Waals surface area contributed by atoms with E-state index in [9.17, 15) is 19.3 Å². The molecule has 0 aromatic heterocycles. The van der Waals surface area contributed by atoms with E-state index in [2.05, 4.69) is 4.74 Å². The molecular formula is C14H15FN2O4. The van der Waals surface area contributed by atoms with Crippen molar-refractivity contribution >= 4 is 17.3 Å². The number of anilines is 1. The van der Waals surface area contributed by atoms with Gasteiger partial charge in [-0.25, -0.2) is 9.18 Å². The number of ether oxygens (including phenoxy) is 1. The van der Waals surface area contributed by atoms with Gasteiger partial charge in [-0.3, -0.25) is 10.1 Å². The van der Waals surface area contributed by atoms with E-state index in [0.717, 1.165) is 39.0 Å². The first-order valence-corrected chi connectivity index (χ1v) is 6.84. The van der Waals surface area contributed by atoms with Crippen LogP contribution in [0.15, 0.2) is 12.1 Å². The fraction of sp³-hybridized carbons (Fsp3) is 0.500. The van der Waals surface area contributed by atoms with Gasteiger partial charge in [0.25, 0.3) is 5.69 Å². The highest BCUT2D eigenvalue weighted by Gasteiger charge is 2.40. The van der Waals surface area contributed by atoms with Gasteiger partial charge in [0.1, 0.15) is 11.5 Å². The summed E-state index contributed by atoms with van der Waals surface area (Å²) in [5, 5.41) is 11.2. The van der Waals surface area contributed by atoms with E-state index in [-0.39, 0.29) is 17.3 Å². The minimum Gasteiger partial charge on any atom is -0.465 e. The number of benzene rings is 1. The van der Waals surface area contributed by atoms with E-state index in [1.54, 1.807) is 0 Å². The summed E-state index contributed by atoms with van der Waals surface area (Å²) in [4.78, 5) is 24.1. The molecule has 1 aliphatic carbocycles. The summed E-state index contributed by atoms with van der Waals surface area (Å²) < 4.78 is 18.4. The molecule has 1 saturated heterocycles. The Morgan fingerprint density at radius 2 is 2.24 bits per heavy atom. The van der Waals surface area contributed by atoms with Gasteiger partial charge in [-0.1, -0.05) is 0 Å². The summed E-state index contributed by atoms with van der Waals surface area (Å²) >= 11 is 0. The number of esters is 1. The predicted molar refractivity (Wildman–Crippen MR) is 72.9 cm³/mol. The molecule has 2 bridgehead atoms. The fourth-order valence-corrected chi connectivity index (χ4v) is 3.41. The molecule has 1 saturated carbocycles. The Kier molecular flexibility index (Phi) is 3.27. The van der Waals surface area contributed by atoms with Crippen LogP contribution in [0.4, 0.5) is 15.8 Å². The normalized spacial score (nSPS) is 23.4. The summed E-state index contributed by atoms with van der Waals surface area (Å²) in [5.41, 5.74) is -0.248. The highest BCUT2D eigenvalue weighted by Crippen LogP contribution is 2.43. The number of carbonyl (C=O) groups is 1. The average molecular weight is 294 g/mol. The van der Waals surface area contributed by atoms with Crippen LogP contribution in [0, 0.1) is 21.8 Å². The standard InChI is InChI=1S/C14H15FN2O4/c1-21-14(18)10-5-12(13(17(19)20)6-11(10)15)16-7-8-2-3-9(16)4-8/h5-6,8-9H,2-4,7H2,1H3. The smallest absolute Gasteiger partial charge is 0.340 e. The molecule has 2 fully saturated rings. The molecule has 0 spiro atoms. The first-order valence-electron chi connectivity index (χ1n) is 6.84. The van der Waals surface area contributed by atoms with Crippen molar-refractivity contribution in [3.8, 4) is 0 Å². The van der Waals surface area contributed by atoms with Gasteiger partial charge < -0.3 is 9.64 Å². The summed E-state index contributed by atoms with van der Waals surface area (Å²) in [5.74, 6) is -1.23. The lowest BCUT2D eigenvalue weighted by Crippen LogP contribution is -2.32. The van der Waals surface area contributed by atoms with Crippen LogP contribution >= 0.6 is 0 Å². The third kappa shape index (κ3) is 2.22. The average Bonchev–Trinajstić information content (AvgIpc) is 3.08. The van der Waals surface area contributed by atoms with Crippen molar-refractivity contribution in [3.63, 3.8) is 0 Å². The van der Waals surface area contributed by atoms with Gasteiger partial charge in [-0.15, -0.1) is 0 Å². The molecule has 0 radical (unpaired) electrons. The van der Waals surface area contributed by atoms with Crippen LogP contribution in [0.2, 0.25) is 0 Å². The van der Waals surface area contributed by atoms with Crippen molar-refractivity contribution in [2.45, 2.75) is 25.3 Å². The Morgan fingerprint density at radius 1 is 1.48 bits per heavy atom. The Labute approximate surface area is 120 Å². The number of fused-ring (bicyclic) bond motifs is 2. The number of hydrogen-bond donors (Lipinski definition) is 0. The van der Waals surface area contributed by atoms with Gasteiger partial charge in [-0.05, 0) is 31.2 Å². The van der Waals surface area contributed by atoms with Gasteiger partial charge in [-0.2, -0.15) is 0 Å². The lowest BCUT2D eigenvalue weighted by Gasteiger charge is -2.29. The van der Waals surface area contributed by atoms with Crippen LogP contribution in [0.3, 0.4) is 0 Å². The number of nitro groups is 1. The molecule has 112 valence electrons. The molecule has 3 rings (SSSR count). The maximum absolute atomic E-state index is 13.9. The number of rotatable bonds is 3. The Morgan fingerprint density at radius 3 is 2.76 bits per heavy atom. The van der Waals surface area contributed by atoms with Crippen LogP contribution < -0.4 is 4.90 Å². The summed E-state index contributed by atoms with van der Waals surface area (Å²) in [6.07, 6.45) is 3.11. The van der Waals surface area contributed by atoms with Crippen molar-refractivity contribution in [1.29, 1.82) is 0 Å². The van der Waals surface area contributed by atoms with E-state index in [1.165, 1.54) is 6.07 Å². The van der Waals surface area contributed by atoms with Gasteiger partial charge in [0.2, 0.25) is 0 Å². The van der Waals surface area contributed by atoms with Gasteiger partial charge >= 0.3 is 5.97 Å². The first-order chi connectivity index (χ1) is 10.0. The molecule has 1 aromatic carbocycles. The monoisotopic (exact) mass is 294 g/mol. The minimum absolute atomic E-state index is 0.240. The van der Waals surface area contributed by atoms with Gasteiger partial charge in [0, 0.05) is 12.6 Å². The maximum Gasteiger partial charge on any atom is 0.340 e. The fourth-order valence-electron chi connectivity index (χ4n) is 3.41. The van der Waals surface area contributed by atoms with Crippen LogP contribution in [0.1, 0.15) is 29.6 Å². The highest BCUT2D eigenvalue weighted by molar-refractivity contribution is 5.92. The van der Waals surface area contributed by atoms with Crippen LogP contribution in [-0.4, -0.2) is 30.6 Å². The molecule has 0 N–H and O–H groups in total. The van der Waals surface area contributed by atoms with E-state index >= 15 is 0 Å². The zero-order valence-electron chi connectivity index (χ0n) is 11.5. The molecule has 1 heterocycles. The summed E-state index contributed by atoms with van der Waals surface area (Å²) in [7, 11) is 1.15. The lowest BCUT2D eigenvalue weighted by molar-refractivity contribution is -0.384. The molecule has 2 aliphatic rings. The van der Waals surface area contributed by atoms with Crippen molar-refractivity contribution in [3.05, 3.63) is 33.6 Å². The molecule has 7 heteroatoms. The largest absolute Gasteiger partial charge is 0.465 e. The molecule has 1 aliphatic heterocycles. The van der Waals surface area contributed by atoms with Crippen molar-refractivity contribution in [2.24, 2.45) is 5.92 Å². The zero-order valence-corrected chi connectivity index (χ0v) is 11.5. The minimum atomic E-state index is -0.929. The van der Waals surface area contributed by atoms with Crippen LogP contribution in [0.25, 0.3) is 0 Å². The van der Waals surface area contributed by atoms with Gasteiger partial charge in [0.05, 0.1) is 23.7 Å². The van der Waals surface area contributed by atoms with Crippen molar-refractivity contribution in [1.82, 2.24) is 0 Å².